The fraction of sp³-hybridized carbons (Fsp3) is 0.0526. The van der Waals surface area contributed by atoms with Crippen molar-refractivity contribution in [3.63, 3.8) is 0 Å². The first-order valence-corrected chi connectivity index (χ1v) is 35.9. The van der Waals surface area contributed by atoms with Crippen LogP contribution in [-0.2, 0) is 26.2 Å². The van der Waals surface area contributed by atoms with Gasteiger partial charge in [0.1, 0.15) is 0 Å². The Kier molecular flexibility index (Phi) is 18.7. The van der Waals surface area contributed by atoms with Crippen LogP contribution in [0.15, 0.2) is 291 Å². The third-order valence-electron chi connectivity index (χ3n) is 16.4. The van der Waals surface area contributed by atoms with E-state index in [-0.39, 0.29) is 51.0 Å². The zero-order valence-corrected chi connectivity index (χ0v) is 54.9. The van der Waals surface area contributed by atoms with Crippen LogP contribution in [0.1, 0.15) is 0 Å². The predicted octanol–water partition coefficient (Wildman–Crippen LogP) is 8.68. The molecule has 0 atom stereocenters. The van der Waals surface area contributed by atoms with Crippen molar-refractivity contribution in [3.05, 3.63) is 291 Å². The van der Waals surface area contributed by atoms with Gasteiger partial charge in [0.25, 0.3) is 0 Å². The van der Waals surface area contributed by atoms with E-state index in [4.69, 9.17) is 0 Å². The quantitative estimate of drug-likeness (QED) is 0.106. The summed E-state index contributed by atoms with van der Waals surface area (Å²) in [6.45, 7) is 9.58. The van der Waals surface area contributed by atoms with Gasteiger partial charge in [-0.15, -0.1) is 279 Å². The van der Waals surface area contributed by atoms with Gasteiger partial charge in [0.2, 0.25) is 0 Å². The van der Waals surface area contributed by atoms with Gasteiger partial charge in [-0.3, -0.25) is 0 Å². The maximum absolute atomic E-state index is 2.40. The number of rotatable bonds is 8. The first-order valence-electron chi connectivity index (χ1n) is 27.9. The summed E-state index contributed by atoms with van der Waals surface area (Å²) in [4.78, 5) is 0. The van der Waals surface area contributed by atoms with Crippen LogP contribution in [0.2, 0.25) is 26.2 Å². The third kappa shape index (κ3) is 12.7. The molecule has 4 radical (unpaired) electrons. The van der Waals surface area contributed by atoms with E-state index in [2.05, 4.69) is 317 Å². The molecule has 16 aromatic carbocycles. The van der Waals surface area contributed by atoms with E-state index in [0.717, 1.165) is 0 Å². The number of fused-ring (bicyclic) bond motifs is 8. The van der Waals surface area contributed by atoms with E-state index in [1.807, 2.05) is 0 Å². The smallest absolute Gasteiger partial charge is 1.00 e. The SMILES string of the molecule is C[Si](c1cc2ccccc2[cH-]1)c1cc2ccccc2[cH-]1.C[Si](c1cc2ccccc2[cH-]1)c1cc2ccccc2[cH-]1.C[Si](c1cc2ccccc2[cH-]1)c1cc2ccccc2[cH-]1.C[Si](c1cc2ccccc2[cH-]1)c1cc2ccccc2[cH-]1.[Cl-].[Cl-].[Zr+2]. The van der Waals surface area contributed by atoms with Crippen LogP contribution in [0, 0.1) is 0 Å². The van der Waals surface area contributed by atoms with E-state index >= 15 is 0 Å². The molecular weight excluding hydrogens is 1190 g/mol. The second-order valence-corrected chi connectivity index (χ2v) is 31.1. The minimum atomic E-state index is -0.667. The molecule has 0 aromatic heterocycles. The number of hydrogen-bond acceptors (Lipinski definition) is 0. The molecule has 7 heteroatoms. The standard InChI is InChI=1S/4C19H15Si.2ClH.Zr/c4*1-20(18-10-14-6-2-3-7-15(14)11-18)19-12-16-8-4-5-9-17(16)13-19;;;/h4*2-13H,1H3;2*1H;/q4*-2;;;+2/p-2. The molecule has 0 aliphatic heterocycles. The van der Waals surface area contributed by atoms with Crippen molar-refractivity contribution in [2.75, 3.05) is 0 Å². The molecule has 0 saturated carbocycles. The summed E-state index contributed by atoms with van der Waals surface area (Å²) in [6.07, 6.45) is 0. The molecule has 0 fully saturated rings. The molecule has 0 N–H and O–H groups in total. The van der Waals surface area contributed by atoms with Gasteiger partial charge in [0.05, 0.1) is 35.2 Å². The van der Waals surface area contributed by atoms with Crippen molar-refractivity contribution in [1.29, 1.82) is 0 Å². The molecule has 0 spiro atoms. The zero-order valence-electron chi connectivity index (χ0n) is 47.0. The zero-order chi connectivity index (χ0) is 54.1. The Hall–Kier alpha value is -7.03. The largest absolute Gasteiger partial charge is 2.00 e. The van der Waals surface area contributed by atoms with Crippen molar-refractivity contribution in [2.45, 2.75) is 26.2 Å². The molecule has 0 nitrogen and oxygen atoms in total. The van der Waals surface area contributed by atoms with Gasteiger partial charge in [0, 0.05) is 0 Å². The Morgan fingerprint density at radius 1 is 0.193 bits per heavy atom. The molecule has 0 bridgehead atoms. The van der Waals surface area contributed by atoms with E-state index in [9.17, 15) is 0 Å². The Morgan fingerprint density at radius 3 is 0.410 bits per heavy atom. The molecular formula is C76H60Cl2Si4Zr-8. The third-order valence-corrected chi connectivity index (χ3v) is 25.6. The molecule has 0 saturated heterocycles. The van der Waals surface area contributed by atoms with Gasteiger partial charge in [0.15, 0.2) is 0 Å². The number of benzene rings is 8. The molecule has 0 heterocycles. The maximum Gasteiger partial charge on any atom is 2.00 e. The summed E-state index contributed by atoms with van der Waals surface area (Å²) in [5.74, 6) is 0. The van der Waals surface area contributed by atoms with Crippen LogP contribution < -0.4 is 66.3 Å². The molecule has 83 heavy (non-hydrogen) atoms. The van der Waals surface area contributed by atoms with Crippen LogP contribution in [0.4, 0.5) is 0 Å². The topological polar surface area (TPSA) is 0 Å². The predicted molar refractivity (Wildman–Crippen MR) is 360 cm³/mol. The van der Waals surface area contributed by atoms with Gasteiger partial charge in [-0.2, -0.15) is 91.6 Å². The van der Waals surface area contributed by atoms with Gasteiger partial charge in [-0.05, 0) is 0 Å². The van der Waals surface area contributed by atoms with E-state index in [1.54, 1.807) is 0 Å². The summed E-state index contributed by atoms with van der Waals surface area (Å²) in [6, 6.07) is 107. The second-order valence-electron chi connectivity index (χ2n) is 21.5. The van der Waals surface area contributed by atoms with Crippen molar-refractivity contribution in [1.82, 2.24) is 0 Å². The summed E-state index contributed by atoms with van der Waals surface area (Å²) in [7, 11) is -2.67. The first kappa shape index (κ1) is 59.1. The Bertz CT molecular complexity index is 3580. The van der Waals surface area contributed by atoms with Crippen LogP contribution in [-0.4, -0.2) is 35.2 Å². The molecule has 406 valence electrons. The molecule has 0 unspecified atom stereocenters. The van der Waals surface area contributed by atoms with Crippen LogP contribution in [0.5, 0.6) is 0 Å². The van der Waals surface area contributed by atoms with Gasteiger partial charge >= 0.3 is 26.2 Å². The normalized spacial score (nSPS) is 11.3. The fourth-order valence-corrected chi connectivity index (χ4v) is 18.9. The minimum Gasteiger partial charge on any atom is -1.00 e. The fourth-order valence-electron chi connectivity index (χ4n) is 11.6. The van der Waals surface area contributed by atoms with Crippen molar-refractivity contribution in [2.24, 2.45) is 0 Å². The molecule has 16 aromatic rings. The van der Waals surface area contributed by atoms with Gasteiger partial charge in [-0.25, -0.2) is 0 Å². The number of hydrogen-bond donors (Lipinski definition) is 0. The first-order chi connectivity index (χ1) is 39.2. The minimum absolute atomic E-state index is 0. The van der Waals surface area contributed by atoms with Crippen molar-refractivity contribution in [3.8, 4) is 0 Å². The summed E-state index contributed by atoms with van der Waals surface area (Å²) < 4.78 is 0. The van der Waals surface area contributed by atoms with Gasteiger partial charge in [-0.1, -0.05) is 74.7 Å². The van der Waals surface area contributed by atoms with Crippen LogP contribution in [0.25, 0.3) is 86.2 Å². The van der Waals surface area contributed by atoms with Crippen LogP contribution >= 0.6 is 0 Å². The second kappa shape index (κ2) is 26.3. The average molecular weight is 1250 g/mol. The maximum atomic E-state index is 2.40. The van der Waals surface area contributed by atoms with Gasteiger partial charge < -0.3 is 24.8 Å². The Morgan fingerprint density at radius 2 is 0.301 bits per heavy atom. The monoisotopic (exact) mass is 1240 g/mol. The van der Waals surface area contributed by atoms with E-state index in [0.29, 0.717) is 0 Å². The average Bonchev–Trinajstić information content (AvgIpc) is 4.52. The van der Waals surface area contributed by atoms with Crippen molar-refractivity contribution >= 4 is 163 Å². The van der Waals surface area contributed by atoms with Crippen LogP contribution in [0.3, 0.4) is 0 Å². The molecule has 0 amide bonds. The summed E-state index contributed by atoms with van der Waals surface area (Å²) in [5.41, 5.74) is 0. The summed E-state index contributed by atoms with van der Waals surface area (Å²) in [5, 5.41) is 33.9. The molecule has 0 aliphatic carbocycles. The summed E-state index contributed by atoms with van der Waals surface area (Å²) >= 11 is 0. The van der Waals surface area contributed by atoms with Crippen molar-refractivity contribution < 1.29 is 51.0 Å². The Labute approximate surface area is 526 Å². The van der Waals surface area contributed by atoms with E-state index < -0.39 is 35.2 Å². The molecule has 16 rings (SSSR count). The number of halogens is 2. The Balaban J connectivity index is 0.000000122. The molecule has 0 aliphatic rings. The van der Waals surface area contributed by atoms with E-state index in [1.165, 1.54) is 128 Å².